The minimum absolute atomic E-state index is 0.0200. The summed E-state index contributed by atoms with van der Waals surface area (Å²) in [5.74, 6) is -0.249. The summed E-state index contributed by atoms with van der Waals surface area (Å²) in [6.45, 7) is 0. The molecule has 0 radical (unpaired) electrons. The van der Waals surface area contributed by atoms with Gasteiger partial charge in [0.2, 0.25) is 0 Å². The third-order valence-corrected chi connectivity index (χ3v) is 5.80. The fraction of sp³-hybridized carbons (Fsp3) is 0. The molecule has 1 N–H and O–H groups in total. The summed E-state index contributed by atoms with van der Waals surface area (Å²) in [4.78, 5) is 12.3. The lowest BCUT2D eigenvalue weighted by Gasteiger charge is -2.08. The van der Waals surface area contributed by atoms with Crippen LogP contribution >= 0.6 is 47.8 Å². The maximum atomic E-state index is 12.3. The van der Waals surface area contributed by atoms with E-state index in [9.17, 15) is 9.90 Å². The molecule has 92 valence electrons. The Morgan fingerprint density at radius 3 is 2.22 bits per heavy atom. The van der Waals surface area contributed by atoms with Crippen LogP contribution in [0.1, 0.15) is 15.9 Å². The summed E-state index contributed by atoms with van der Waals surface area (Å²) < 4.78 is 2.28. The van der Waals surface area contributed by atoms with Crippen LogP contribution in [0.3, 0.4) is 0 Å². The molecule has 0 aliphatic rings. The number of benzene rings is 2. The molecule has 0 fully saturated rings. The number of ketones is 1. The largest absolute Gasteiger partial charge is 0.507 e. The van der Waals surface area contributed by atoms with Crippen LogP contribution < -0.4 is 0 Å². The average Bonchev–Trinajstić information content (AvgIpc) is 2.36. The first-order valence-electron chi connectivity index (χ1n) is 4.98. The van der Waals surface area contributed by atoms with Gasteiger partial charge in [0.1, 0.15) is 5.75 Å². The highest BCUT2D eigenvalue weighted by atomic mass is 79.9. The molecule has 0 aromatic heterocycles. The second-order valence-electron chi connectivity index (χ2n) is 3.57. The Morgan fingerprint density at radius 1 is 0.889 bits per heavy atom. The van der Waals surface area contributed by atoms with E-state index in [4.69, 9.17) is 0 Å². The van der Waals surface area contributed by atoms with Gasteiger partial charge in [0.05, 0.1) is 5.56 Å². The summed E-state index contributed by atoms with van der Waals surface area (Å²) >= 11 is 10.1. The van der Waals surface area contributed by atoms with Crippen molar-refractivity contribution in [2.24, 2.45) is 0 Å². The van der Waals surface area contributed by atoms with Crippen LogP contribution in [-0.4, -0.2) is 10.9 Å². The van der Waals surface area contributed by atoms with E-state index in [1.807, 2.05) is 0 Å². The van der Waals surface area contributed by atoms with Crippen LogP contribution in [0.25, 0.3) is 0 Å². The number of hydrogen-bond donors (Lipinski definition) is 1. The third kappa shape index (κ3) is 2.53. The zero-order valence-electron chi connectivity index (χ0n) is 8.95. The summed E-state index contributed by atoms with van der Waals surface area (Å²) in [5, 5.41) is 9.70. The second kappa shape index (κ2) is 5.55. The molecular weight excluding hydrogens is 428 g/mol. The van der Waals surface area contributed by atoms with Crippen LogP contribution in [0.4, 0.5) is 0 Å². The van der Waals surface area contributed by atoms with Gasteiger partial charge in [0.25, 0.3) is 0 Å². The molecule has 0 heterocycles. The van der Waals surface area contributed by atoms with Gasteiger partial charge in [-0.1, -0.05) is 12.1 Å². The predicted octanol–water partition coefficient (Wildman–Crippen LogP) is 4.91. The topological polar surface area (TPSA) is 37.3 Å². The Balaban J connectivity index is 2.54. The second-order valence-corrected chi connectivity index (χ2v) is 6.01. The Morgan fingerprint density at radius 2 is 1.56 bits per heavy atom. The van der Waals surface area contributed by atoms with E-state index in [1.54, 1.807) is 30.3 Å². The number of halogens is 3. The fourth-order valence-corrected chi connectivity index (χ4v) is 2.98. The maximum absolute atomic E-state index is 12.3. The molecule has 0 aliphatic carbocycles. The van der Waals surface area contributed by atoms with Gasteiger partial charge in [-0.25, -0.2) is 0 Å². The van der Waals surface area contributed by atoms with E-state index in [1.165, 1.54) is 6.07 Å². The van der Waals surface area contributed by atoms with Crippen molar-refractivity contribution in [2.45, 2.75) is 0 Å². The zero-order chi connectivity index (χ0) is 13.3. The highest BCUT2D eigenvalue weighted by Gasteiger charge is 2.18. The molecule has 0 aliphatic heterocycles. The van der Waals surface area contributed by atoms with Crippen LogP contribution in [0.2, 0.25) is 0 Å². The molecule has 0 saturated carbocycles. The summed E-state index contributed by atoms with van der Waals surface area (Å²) in [7, 11) is 0. The lowest BCUT2D eigenvalue weighted by molar-refractivity contribution is 0.103. The Hall–Kier alpha value is -0.650. The number of phenols is 1. The molecular formula is C13H7Br3O2. The van der Waals surface area contributed by atoms with Crippen molar-refractivity contribution in [2.75, 3.05) is 0 Å². The highest BCUT2D eigenvalue weighted by molar-refractivity contribution is 9.14. The van der Waals surface area contributed by atoms with E-state index >= 15 is 0 Å². The van der Waals surface area contributed by atoms with Crippen molar-refractivity contribution in [1.82, 2.24) is 0 Å². The van der Waals surface area contributed by atoms with E-state index < -0.39 is 0 Å². The van der Waals surface area contributed by atoms with E-state index in [2.05, 4.69) is 47.8 Å². The molecule has 0 unspecified atom stereocenters. The van der Waals surface area contributed by atoms with Crippen molar-refractivity contribution in [3.8, 4) is 5.75 Å². The Bertz CT molecular complexity index is 624. The van der Waals surface area contributed by atoms with Crippen LogP contribution in [0.5, 0.6) is 5.75 Å². The quantitative estimate of drug-likeness (QED) is 0.538. The molecule has 0 atom stereocenters. The first-order valence-corrected chi connectivity index (χ1v) is 7.36. The van der Waals surface area contributed by atoms with Crippen molar-refractivity contribution in [3.05, 3.63) is 60.9 Å². The minimum atomic E-state index is -0.229. The molecule has 0 saturated heterocycles. The Labute approximate surface area is 129 Å². The van der Waals surface area contributed by atoms with Crippen LogP contribution in [0.15, 0.2) is 49.8 Å². The molecule has 18 heavy (non-hydrogen) atoms. The van der Waals surface area contributed by atoms with Crippen molar-refractivity contribution in [1.29, 1.82) is 0 Å². The standard InChI is InChI=1S/C13H7Br3O2/c14-9-6-5-8(11(15)12(9)16)13(18)7-3-1-2-4-10(7)17/h1-6,17H. The van der Waals surface area contributed by atoms with Gasteiger partial charge in [-0.2, -0.15) is 0 Å². The number of para-hydroxylation sites is 1. The summed E-state index contributed by atoms with van der Waals surface area (Å²) in [6, 6.07) is 9.97. The number of hydrogen-bond acceptors (Lipinski definition) is 2. The van der Waals surface area contributed by atoms with E-state index in [0.29, 0.717) is 10.0 Å². The molecule has 0 spiro atoms. The number of aromatic hydroxyl groups is 1. The van der Waals surface area contributed by atoms with Crippen molar-refractivity contribution in [3.63, 3.8) is 0 Å². The predicted molar refractivity (Wildman–Crippen MR) is 81.1 cm³/mol. The summed E-state index contributed by atoms with van der Waals surface area (Å²) in [5.41, 5.74) is 0.777. The number of carbonyl (C=O) groups is 1. The number of carbonyl (C=O) groups excluding carboxylic acids is 1. The lowest BCUT2D eigenvalue weighted by Crippen LogP contribution is -2.03. The van der Waals surface area contributed by atoms with Gasteiger partial charge in [-0.05, 0) is 72.1 Å². The van der Waals surface area contributed by atoms with Gasteiger partial charge in [0, 0.05) is 19.0 Å². The van der Waals surface area contributed by atoms with Crippen LogP contribution in [-0.2, 0) is 0 Å². The molecule has 2 aromatic carbocycles. The third-order valence-electron chi connectivity index (χ3n) is 2.43. The number of rotatable bonds is 2. The van der Waals surface area contributed by atoms with Gasteiger partial charge in [-0.3, -0.25) is 4.79 Å². The normalized spacial score (nSPS) is 10.4. The van der Waals surface area contributed by atoms with Gasteiger partial charge in [-0.15, -0.1) is 0 Å². The fourth-order valence-electron chi connectivity index (χ4n) is 1.51. The van der Waals surface area contributed by atoms with E-state index in [-0.39, 0.29) is 17.1 Å². The lowest BCUT2D eigenvalue weighted by atomic mass is 10.0. The average molecular weight is 435 g/mol. The van der Waals surface area contributed by atoms with E-state index in [0.717, 1.165) is 8.95 Å². The van der Waals surface area contributed by atoms with Crippen molar-refractivity contribution >= 4 is 53.6 Å². The zero-order valence-corrected chi connectivity index (χ0v) is 13.7. The maximum Gasteiger partial charge on any atom is 0.197 e. The highest BCUT2D eigenvalue weighted by Crippen LogP contribution is 2.35. The van der Waals surface area contributed by atoms with Crippen molar-refractivity contribution < 1.29 is 9.90 Å². The van der Waals surface area contributed by atoms with Gasteiger partial charge in [0.15, 0.2) is 5.78 Å². The number of phenolic OH excluding ortho intramolecular Hbond substituents is 1. The molecule has 2 rings (SSSR count). The first kappa shape index (κ1) is 13.8. The minimum Gasteiger partial charge on any atom is -0.507 e. The van der Waals surface area contributed by atoms with Gasteiger partial charge >= 0.3 is 0 Å². The molecule has 0 bridgehead atoms. The molecule has 5 heteroatoms. The van der Waals surface area contributed by atoms with Gasteiger partial charge < -0.3 is 5.11 Å². The smallest absolute Gasteiger partial charge is 0.197 e. The molecule has 0 amide bonds. The molecule has 2 aromatic rings. The SMILES string of the molecule is O=C(c1ccccc1O)c1ccc(Br)c(Br)c1Br. The first-order chi connectivity index (χ1) is 8.52. The molecule has 2 nitrogen and oxygen atoms in total. The summed E-state index contributed by atoms with van der Waals surface area (Å²) in [6.07, 6.45) is 0. The monoisotopic (exact) mass is 432 g/mol. The Kier molecular flexibility index (Phi) is 4.25. The van der Waals surface area contributed by atoms with Crippen LogP contribution in [0, 0.1) is 0 Å².